The monoisotopic (exact) mass is 261 g/mol. The van der Waals surface area contributed by atoms with E-state index in [1.54, 1.807) is 12.3 Å². The summed E-state index contributed by atoms with van der Waals surface area (Å²) in [4.78, 5) is 4.49. The Kier molecular flexibility index (Phi) is 2.99. The van der Waals surface area contributed by atoms with Crippen LogP contribution in [0.1, 0.15) is 12.5 Å². The lowest BCUT2D eigenvalue weighted by Gasteiger charge is -2.13. The van der Waals surface area contributed by atoms with Crippen LogP contribution in [0.15, 0.2) is 61.3 Å². The summed E-state index contributed by atoms with van der Waals surface area (Å²) in [5, 5.41) is 11.1. The Balaban J connectivity index is 2.40. The van der Waals surface area contributed by atoms with E-state index < -0.39 is 0 Å². The molecule has 98 valence electrons. The largest absolute Gasteiger partial charge is 0.507 e. The van der Waals surface area contributed by atoms with Crippen LogP contribution in [-0.2, 0) is 0 Å². The molecule has 0 spiro atoms. The molecule has 1 heterocycles. The number of aromatic hydroxyl groups is 1. The van der Waals surface area contributed by atoms with E-state index in [2.05, 4.69) is 11.6 Å². The number of allylic oxidation sites excluding steroid dienone is 1. The number of hydrogen-bond donors (Lipinski definition) is 1. The second kappa shape index (κ2) is 4.82. The fraction of sp³-hybridized carbons (Fsp3) is 0.0556. The van der Waals surface area contributed by atoms with E-state index in [4.69, 9.17) is 0 Å². The molecule has 0 saturated carbocycles. The lowest BCUT2D eigenvalue weighted by Crippen LogP contribution is -1.92. The molecular formula is C18H15NO. The molecule has 0 amide bonds. The van der Waals surface area contributed by atoms with E-state index >= 15 is 0 Å². The molecule has 0 unspecified atom stereocenters. The van der Waals surface area contributed by atoms with Gasteiger partial charge in [0, 0.05) is 22.7 Å². The number of fused-ring (bicyclic) bond motifs is 1. The molecule has 0 saturated heterocycles. The van der Waals surface area contributed by atoms with Gasteiger partial charge in [-0.15, -0.1) is 0 Å². The molecule has 1 N–H and O–H groups in total. The molecule has 0 fully saturated rings. The number of aromatic nitrogens is 1. The van der Waals surface area contributed by atoms with Gasteiger partial charge >= 0.3 is 0 Å². The molecule has 0 bridgehead atoms. The minimum Gasteiger partial charge on any atom is -0.507 e. The number of phenols is 1. The van der Waals surface area contributed by atoms with Crippen molar-refractivity contribution < 1.29 is 5.11 Å². The van der Waals surface area contributed by atoms with Crippen molar-refractivity contribution in [3.05, 3.63) is 66.9 Å². The van der Waals surface area contributed by atoms with Gasteiger partial charge in [0.05, 0.1) is 5.52 Å². The van der Waals surface area contributed by atoms with Crippen LogP contribution in [0.3, 0.4) is 0 Å². The van der Waals surface area contributed by atoms with Crippen molar-refractivity contribution in [2.75, 3.05) is 0 Å². The zero-order valence-electron chi connectivity index (χ0n) is 11.3. The van der Waals surface area contributed by atoms with Gasteiger partial charge < -0.3 is 5.11 Å². The second-order valence-corrected chi connectivity index (χ2v) is 4.86. The van der Waals surface area contributed by atoms with Crippen LogP contribution in [-0.4, -0.2) is 10.1 Å². The van der Waals surface area contributed by atoms with Crippen LogP contribution in [0.2, 0.25) is 0 Å². The molecule has 20 heavy (non-hydrogen) atoms. The highest BCUT2D eigenvalue weighted by Crippen LogP contribution is 2.36. The molecule has 0 atom stereocenters. The zero-order chi connectivity index (χ0) is 14.1. The van der Waals surface area contributed by atoms with Crippen molar-refractivity contribution in [2.45, 2.75) is 6.92 Å². The summed E-state index contributed by atoms with van der Waals surface area (Å²) in [5.74, 6) is 0.257. The Morgan fingerprint density at radius 2 is 1.70 bits per heavy atom. The van der Waals surface area contributed by atoms with Crippen LogP contribution in [0.5, 0.6) is 5.75 Å². The van der Waals surface area contributed by atoms with E-state index in [9.17, 15) is 5.11 Å². The summed E-state index contributed by atoms with van der Waals surface area (Å²) < 4.78 is 0. The van der Waals surface area contributed by atoms with Crippen LogP contribution < -0.4 is 0 Å². The van der Waals surface area contributed by atoms with Crippen LogP contribution in [0.25, 0.3) is 27.6 Å². The summed E-state index contributed by atoms with van der Waals surface area (Å²) in [6.07, 6.45) is 1.81. The highest BCUT2D eigenvalue weighted by atomic mass is 16.3. The van der Waals surface area contributed by atoms with Crippen molar-refractivity contribution in [3.63, 3.8) is 0 Å². The van der Waals surface area contributed by atoms with Gasteiger partial charge in [0.2, 0.25) is 0 Å². The second-order valence-electron chi connectivity index (χ2n) is 4.86. The highest BCUT2D eigenvalue weighted by Gasteiger charge is 2.13. The molecule has 0 aliphatic carbocycles. The van der Waals surface area contributed by atoms with Crippen molar-refractivity contribution in [1.82, 2.24) is 4.98 Å². The highest BCUT2D eigenvalue weighted by molar-refractivity contribution is 5.98. The zero-order valence-corrected chi connectivity index (χ0v) is 11.3. The summed E-state index contributed by atoms with van der Waals surface area (Å²) in [6.45, 7) is 6.06. The van der Waals surface area contributed by atoms with Gasteiger partial charge in [0.25, 0.3) is 0 Å². The molecule has 0 radical (unpaired) electrons. The average Bonchev–Trinajstić information content (AvgIpc) is 2.46. The van der Waals surface area contributed by atoms with Gasteiger partial charge in [0.15, 0.2) is 0 Å². The molecule has 0 aliphatic heterocycles. The maximum atomic E-state index is 10.1. The molecule has 2 nitrogen and oxygen atoms in total. The standard InChI is InChI=1S/C18H15NO/c1-12(2)18-14-8-3-5-9-16(14)19-11-15(18)13-7-4-6-10-17(13)20/h3-11,20H,1H2,2H3. The van der Waals surface area contributed by atoms with Gasteiger partial charge in [0.1, 0.15) is 5.75 Å². The van der Waals surface area contributed by atoms with E-state index in [0.717, 1.165) is 33.2 Å². The Bertz CT molecular complexity index is 805. The fourth-order valence-corrected chi connectivity index (χ4v) is 2.51. The predicted molar refractivity (Wildman–Crippen MR) is 83.6 cm³/mol. The average molecular weight is 261 g/mol. The van der Waals surface area contributed by atoms with Crippen molar-refractivity contribution in [2.24, 2.45) is 0 Å². The summed E-state index contributed by atoms with van der Waals surface area (Å²) in [6, 6.07) is 15.3. The van der Waals surface area contributed by atoms with Crippen LogP contribution in [0.4, 0.5) is 0 Å². The number of pyridine rings is 1. The third-order valence-corrected chi connectivity index (χ3v) is 3.40. The number of benzene rings is 2. The number of rotatable bonds is 2. The van der Waals surface area contributed by atoms with E-state index in [1.807, 2.05) is 49.4 Å². The quantitative estimate of drug-likeness (QED) is 0.729. The SMILES string of the molecule is C=C(C)c1c(-c2ccccc2O)cnc2ccccc12. The Morgan fingerprint density at radius 3 is 2.45 bits per heavy atom. The van der Waals surface area contributed by atoms with Crippen molar-refractivity contribution in [1.29, 1.82) is 0 Å². The molecule has 1 aromatic heterocycles. The normalized spacial score (nSPS) is 10.7. The maximum Gasteiger partial charge on any atom is 0.123 e. The summed E-state index contributed by atoms with van der Waals surface area (Å²) >= 11 is 0. The third kappa shape index (κ3) is 1.95. The molecule has 2 heteroatoms. The van der Waals surface area contributed by atoms with Gasteiger partial charge in [-0.2, -0.15) is 0 Å². The lowest BCUT2D eigenvalue weighted by molar-refractivity contribution is 0.477. The molecule has 3 rings (SSSR count). The van der Waals surface area contributed by atoms with Crippen molar-refractivity contribution in [3.8, 4) is 16.9 Å². The first kappa shape index (κ1) is 12.4. The smallest absolute Gasteiger partial charge is 0.123 e. The molecular weight excluding hydrogens is 246 g/mol. The van der Waals surface area contributed by atoms with E-state index in [0.29, 0.717) is 0 Å². The van der Waals surface area contributed by atoms with Gasteiger partial charge in [-0.05, 0) is 30.2 Å². The number of nitrogens with zero attached hydrogens (tertiary/aromatic N) is 1. The minimum atomic E-state index is 0.257. The first-order chi connectivity index (χ1) is 9.68. The van der Waals surface area contributed by atoms with E-state index in [-0.39, 0.29) is 5.75 Å². The van der Waals surface area contributed by atoms with Gasteiger partial charge in [-0.1, -0.05) is 43.0 Å². The summed E-state index contributed by atoms with van der Waals surface area (Å²) in [5.41, 5.74) is 4.63. The molecule has 3 aromatic rings. The first-order valence-electron chi connectivity index (χ1n) is 6.50. The van der Waals surface area contributed by atoms with Crippen LogP contribution in [0, 0.1) is 0 Å². The Hall–Kier alpha value is -2.61. The van der Waals surface area contributed by atoms with E-state index in [1.165, 1.54) is 0 Å². The molecule has 2 aromatic carbocycles. The lowest BCUT2D eigenvalue weighted by atomic mass is 9.93. The Morgan fingerprint density at radius 1 is 1.00 bits per heavy atom. The van der Waals surface area contributed by atoms with Crippen molar-refractivity contribution >= 4 is 16.5 Å². The first-order valence-corrected chi connectivity index (χ1v) is 6.50. The minimum absolute atomic E-state index is 0.257. The fourth-order valence-electron chi connectivity index (χ4n) is 2.51. The van der Waals surface area contributed by atoms with Crippen LogP contribution >= 0.6 is 0 Å². The summed E-state index contributed by atoms with van der Waals surface area (Å²) in [7, 11) is 0. The van der Waals surface area contributed by atoms with Gasteiger partial charge in [-0.25, -0.2) is 0 Å². The third-order valence-electron chi connectivity index (χ3n) is 3.40. The number of hydrogen-bond acceptors (Lipinski definition) is 2. The topological polar surface area (TPSA) is 33.1 Å². The predicted octanol–water partition coefficient (Wildman–Crippen LogP) is 4.64. The Labute approximate surface area is 118 Å². The maximum absolute atomic E-state index is 10.1. The van der Waals surface area contributed by atoms with Gasteiger partial charge in [-0.3, -0.25) is 4.98 Å². The number of para-hydroxylation sites is 2. The number of phenolic OH excluding ortho intramolecular Hbond substituents is 1. The molecule has 0 aliphatic rings.